The average Bonchev–Trinajstić information content (AvgIpc) is 2.37. The lowest BCUT2D eigenvalue weighted by Crippen LogP contribution is -2.06. The topological polar surface area (TPSA) is 44.8 Å². The maximum atomic E-state index is 11.3. The molecule has 0 unspecified atom stereocenters. The van der Waals surface area contributed by atoms with Gasteiger partial charge in [-0.25, -0.2) is 4.79 Å². The van der Waals surface area contributed by atoms with Crippen LogP contribution in [0.1, 0.15) is 20.8 Å². The van der Waals surface area contributed by atoms with Crippen LogP contribution in [0.15, 0.2) is 36.1 Å². The Morgan fingerprint density at radius 1 is 1.22 bits per heavy atom. The number of benzene rings is 1. The van der Waals surface area contributed by atoms with E-state index in [2.05, 4.69) is 0 Å². The number of ether oxygens (including phenoxy) is 3. The van der Waals surface area contributed by atoms with Crippen molar-refractivity contribution >= 4 is 5.97 Å². The third kappa shape index (κ3) is 4.49. The maximum Gasteiger partial charge on any atom is 0.336 e. The van der Waals surface area contributed by atoms with E-state index in [0.29, 0.717) is 24.5 Å². The molecule has 1 aromatic rings. The van der Waals surface area contributed by atoms with Crippen LogP contribution in [0.25, 0.3) is 0 Å². The van der Waals surface area contributed by atoms with Crippen LogP contribution in [0.5, 0.6) is 11.5 Å². The van der Waals surface area contributed by atoms with Gasteiger partial charge in [0.05, 0.1) is 18.8 Å². The molecule has 0 spiro atoms. The molecule has 0 saturated heterocycles. The van der Waals surface area contributed by atoms with E-state index in [1.165, 1.54) is 6.26 Å². The summed E-state index contributed by atoms with van der Waals surface area (Å²) in [7, 11) is 0. The highest BCUT2D eigenvalue weighted by Crippen LogP contribution is 2.19. The second-order valence-electron chi connectivity index (χ2n) is 3.55. The van der Waals surface area contributed by atoms with Crippen molar-refractivity contribution in [1.82, 2.24) is 0 Å². The molecule has 0 fully saturated rings. The molecule has 0 aliphatic heterocycles. The monoisotopic (exact) mass is 250 g/mol. The minimum atomic E-state index is -0.376. The van der Waals surface area contributed by atoms with Crippen LogP contribution >= 0.6 is 0 Å². The summed E-state index contributed by atoms with van der Waals surface area (Å²) in [4.78, 5) is 11.3. The predicted molar refractivity (Wildman–Crippen MR) is 68.6 cm³/mol. The summed E-state index contributed by atoms with van der Waals surface area (Å²) in [5, 5.41) is 0. The third-order valence-electron chi connectivity index (χ3n) is 2.09. The normalized spacial score (nSPS) is 10.9. The highest BCUT2D eigenvalue weighted by atomic mass is 16.5. The van der Waals surface area contributed by atoms with E-state index in [1.54, 1.807) is 26.0 Å². The van der Waals surface area contributed by atoms with E-state index in [1.807, 2.05) is 19.1 Å². The first-order valence-electron chi connectivity index (χ1n) is 5.90. The van der Waals surface area contributed by atoms with E-state index >= 15 is 0 Å². The lowest BCUT2D eigenvalue weighted by molar-refractivity contribution is -0.138. The minimum absolute atomic E-state index is 0.351. The van der Waals surface area contributed by atoms with E-state index in [4.69, 9.17) is 14.2 Å². The van der Waals surface area contributed by atoms with Crippen molar-refractivity contribution in [3.8, 4) is 11.5 Å². The fraction of sp³-hybridized carbons (Fsp3) is 0.357. The number of hydrogen-bond acceptors (Lipinski definition) is 4. The van der Waals surface area contributed by atoms with Crippen LogP contribution in [0, 0.1) is 0 Å². The molecule has 0 amide bonds. The van der Waals surface area contributed by atoms with Crippen LogP contribution in [0.3, 0.4) is 0 Å². The van der Waals surface area contributed by atoms with Gasteiger partial charge in [0.2, 0.25) is 0 Å². The Morgan fingerprint density at radius 2 is 1.94 bits per heavy atom. The molecule has 1 aromatic carbocycles. The number of rotatable bonds is 6. The van der Waals surface area contributed by atoms with Gasteiger partial charge in [-0.3, -0.25) is 0 Å². The maximum absolute atomic E-state index is 11.3. The first-order valence-corrected chi connectivity index (χ1v) is 5.90. The summed E-state index contributed by atoms with van der Waals surface area (Å²) < 4.78 is 15.6. The fourth-order valence-electron chi connectivity index (χ4n) is 1.25. The summed E-state index contributed by atoms with van der Waals surface area (Å²) in [6.45, 7) is 6.27. The Labute approximate surface area is 107 Å². The number of hydrogen-bond donors (Lipinski definition) is 0. The molecule has 0 atom stereocenters. The first kappa shape index (κ1) is 14.1. The Bertz CT molecular complexity index is 424. The average molecular weight is 250 g/mol. The standard InChI is InChI=1S/C14H18O4/c1-4-16-12-7-6-8-13(9-12)18-10-11(3)14(15)17-5-2/h6-10H,4-5H2,1-3H3/b11-10+. The molecule has 0 radical (unpaired) electrons. The molecule has 0 aliphatic rings. The number of esters is 1. The van der Waals surface area contributed by atoms with Crippen LogP contribution < -0.4 is 9.47 Å². The molecular weight excluding hydrogens is 232 g/mol. The first-order chi connectivity index (χ1) is 8.67. The largest absolute Gasteiger partial charge is 0.494 e. The van der Waals surface area contributed by atoms with Gasteiger partial charge >= 0.3 is 5.97 Å². The molecular formula is C14H18O4. The van der Waals surface area contributed by atoms with Crippen molar-refractivity contribution in [1.29, 1.82) is 0 Å². The summed E-state index contributed by atoms with van der Waals surface area (Å²) in [6, 6.07) is 7.22. The molecule has 0 saturated carbocycles. The van der Waals surface area contributed by atoms with Crippen LogP contribution in [-0.4, -0.2) is 19.2 Å². The number of carbonyl (C=O) groups is 1. The molecule has 0 bridgehead atoms. The SMILES string of the molecule is CCOC(=O)/C(C)=C/Oc1cccc(OCC)c1. The summed E-state index contributed by atoms with van der Waals surface area (Å²) >= 11 is 0. The summed E-state index contributed by atoms with van der Waals surface area (Å²) in [5.41, 5.74) is 0.415. The molecule has 98 valence electrons. The highest BCUT2D eigenvalue weighted by Gasteiger charge is 2.04. The lowest BCUT2D eigenvalue weighted by Gasteiger charge is -2.06. The second kappa shape index (κ2) is 7.37. The second-order valence-corrected chi connectivity index (χ2v) is 3.55. The Balaban J connectivity index is 2.64. The van der Waals surface area contributed by atoms with Gasteiger partial charge in [-0.1, -0.05) is 6.07 Å². The van der Waals surface area contributed by atoms with E-state index < -0.39 is 0 Å². The quantitative estimate of drug-likeness (QED) is 0.442. The zero-order chi connectivity index (χ0) is 13.4. The van der Waals surface area contributed by atoms with Crippen molar-refractivity contribution in [2.24, 2.45) is 0 Å². The van der Waals surface area contributed by atoms with Gasteiger partial charge < -0.3 is 14.2 Å². The van der Waals surface area contributed by atoms with Gasteiger partial charge in [0.25, 0.3) is 0 Å². The van der Waals surface area contributed by atoms with Gasteiger partial charge in [-0.15, -0.1) is 0 Å². The van der Waals surface area contributed by atoms with Gasteiger partial charge in [-0.05, 0) is 32.9 Å². The number of carbonyl (C=O) groups excluding carboxylic acids is 1. The van der Waals surface area contributed by atoms with E-state index in [-0.39, 0.29) is 5.97 Å². The Morgan fingerprint density at radius 3 is 2.61 bits per heavy atom. The van der Waals surface area contributed by atoms with Crippen LogP contribution in [-0.2, 0) is 9.53 Å². The fourth-order valence-corrected chi connectivity index (χ4v) is 1.25. The van der Waals surface area contributed by atoms with E-state index in [0.717, 1.165) is 5.75 Å². The van der Waals surface area contributed by atoms with Crippen molar-refractivity contribution in [2.45, 2.75) is 20.8 Å². The van der Waals surface area contributed by atoms with Crippen molar-refractivity contribution < 1.29 is 19.0 Å². The third-order valence-corrected chi connectivity index (χ3v) is 2.09. The summed E-state index contributed by atoms with van der Waals surface area (Å²) in [6.07, 6.45) is 1.38. The zero-order valence-electron chi connectivity index (χ0n) is 10.9. The molecule has 0 aliphatic carbocycles. The van der Waals surface area contributed by atoms with Crippen molar-refractivity contribution in [3.05, 3.63) is 36.1 Å². The molecule has 0 N–H and O–H groups in total. The zero-order valence-corrected chi connectivity index (χ0v) is 10.9. The van der Waals surface area contributed by atoms with E-state index in [9.17, 15) is 4.79 Å². The van der Waals surface area contributed by atoms with Gasteiger partial charge in [0, 0.05) is 6.07 Å². The van der Waals surface area contributed by atoms with Crippen molar-refractivity contribution in [2.75, 3.05) is 13.2 Å². The van der Waals surface area contributed by atoms with Gasteiger partial charge in [0.15, 0.2) is 0 Å². The molecule has 0 heterocycles. The predicted octanol–water partition coefficient (Wildman–Crippen LogP) is 2.93. The molecule has 0 aromatic heterocycles. The minimum Gasteiger partial charge on any atom is -0.494 e. The highest BCUT2D eigenvalue weighted by molar-refractivity contribution is 5.87. The molecule has 4 heteroatoms. The Kier molecular flexibility index (Phi) is 5.77. The smallest absolute Gasteiger partial charge is 0.336 e. The van der Waals surface area contributed by atoms with Gasteiger partial charge in [-0.2, -0.15) is 0 Å². The molecule has 1 rings (SSSR count). The van der Waals surface area contributed by atoms with Crippen LogP contribution in [0.4, 0.5) is 0 Å². The van der Waals surface area contributed by atoms with Crippen LogP contribution in [0.2, 0.25) is 0 Å². The summed E-state index contributed by atoms with van der Waals surface area (Å²) in [5.74, 6) is 0.972. The lowest BCUT2D eigenvalue weighted by atomic mass is 10.3. The van der Waals surface area contributed by atoms with Gasteiger partial charge in [0.1, 0.15) is 17.8 Å². The van der Waals surface area contributed by atoms with Crippen molar-refractivity contribution in [3.63, 3.8) is 0 Å². The molecule has 4 nitrogen and oxygen atoms in total. The molecule has 18 heavy (non-hydrogen) atoms. The Hall–Kier alpha value is -1.97.